The molecule has 0 radical (unpaired) electrons. The van der Waals surface area contributed by atoms with Crippen LogP contribution >= 0.6 is 0 Å². The molecule has 0 aromatic carbocycles. The molecule has 5 atom stereocenters. The average molecular weight is 210 g/mol. The van der Waals surface area contributed by atoms with Gasteiger partial charge in [0, 0.05) is 5.41 Å². The van der Waals surface area contributed by atoms with Crippen LogP contribution in [0.2, 0.25) is 0 Å². The van der Waals surface area contributed by atoms with E-state index in [2.05, 4.69) is 32.9 Å². The second-order valence-electron chi connectivity index (χ2n) is 5.28. The van der Waals surface area contributed by atoms with Crippen molar-refractivity contribution in [3.05, 3.63) is 12.2 Å². The first kappa shape index (κ1) is 11.2. The second-order valence-corrected chi connectivity index (χ2v) is 5.28. The van der Waals surface area contributed by atoms with Gasteiger partial charge in [0.25, 0.3) is 0 Å². The van der Waals surface area contributed by atoms with Gasteiger partial charge in [-0.1, -0.05) is 26.0 Å². The molecule has 0 aromatic heterocycles. The largest absolute Gasteiger partial charge is 0.394 e. The topological polar surface area (TPSA) is 29.5 Å². The Labute approximate surface area is 92.3 Å². The molecule has 0 aliphatic heterocycles. The lowest BCUT2D eigenvalue weighted by Crippen LogP contribution is -2.41. The van der Waals surface area contributed by atoms with Crippen molar-refractivity contribution in [1.82, 2.24) is 0 Å². The predicted molar refractivity (Wildman–Crippen MR) is 60.5 cm³/mol. The number of fused-ring (bicyclic) bond motifs is 2. The maximum atomic E-state index is 8.80. The summed E-state index contributed by atoms with van der Waals surface area (Å²) in [7, 11) is 0. The summed E-state index contributed by atoms with van der Waals surface area (Å²) in [6, 6.07) is 0. The zero-order chi connectivity index (χ0) is 11.1. The molecule has 0 aromatic rings. The number of aliphatic hydroxyl groups is 1. The van der Waals surface area contributed by atoms with Crippen LogP contribution < -0.4 is 0 Å². The van der Waals surface area contributed by atoms with Crippen molar-refractivity contribution in [3.63, 3.8) is 0 Å². The van der Waals surface area contributed by atoms with Crippen molar-refractivity contribution in [2.24, 2.45) is 23.2 Å². The van der Waals surface area contributed by atoms with E-state index in [0.717, 1.165) is 5.92 Å². The summed E-state index contributed by atoms with van der Waals surface area (Å²) in [5.41, 5.74) is 0.259. The quantitative estimate of drug-likeness (QED) is 0.721. The van der Waals surface area contributed by atoms with Crippen molar-refractivity contribution in [2.45, 2.75) is 33.3 Å². The number of aliphatic hydroxyl groups excluding tert-OH is 1. The van der Waals surface area contributed by atoms with Crippen LogP contribution in [-0.2, 0) is 4.74 Å². The Bertz CT molecular complexity index is 261. The summed E-state index contributed by atoms with van der Waals surface area (Å²) in [4.78, 5) is 0. The first-order valence-electron chi connectivity index (χ1n) is 6.01. The number of rotatable bonds is 4. The van der Waals surface area contributed by atoms with E-state index < -0.39 is 0 Å². The number of ether oxygens (including phenoxy) is 1. The van der Waals surface area contributed by atoms with E-state index in [-0.39, 0.29) is 18.1 Å². The first-order chi connectivity index (χ1) is 7.10. The summed E-state index contributed by atoms with van der Waals surface area (Å²) >= 11 is 0. The summed E-state index contributed by atoms with van der Waals surface area (Å²) in [6.45, 7) is 7.42. The molecule has 1 saturated carbocycles. The third-order valence-electron chi connectivity index (χ3n) is 4.87. The third kappa shape index (κ3) is 1.55. The molecule has 15 heavy (non-hydrogen) atoms. The highest BCUT2D eigenvalue weighted by molar-refractivity contribution is 5.18. The van der Waals surface area contributed by atoms with Gasteiger partial charge in [0.1, 0.15) is 0 Å². The van der Waals surface area contributed by atoms with Crippen LogP contribution in [0.4, 0.5) is 0 Å². The minimum atomic E-state index is 0.124. The van der Waals surface area contributed by atoms with Gasteiger partial charge in [-0.25, -0.2) is 0 Å². The standard InChI is InChI=1S/C13H22O2/c1-9-11-4-5-12(8-11)13(9,3)10(2)15-7-6-14/h4-5,9-12,14H,6-8H2,1-3H3. The zero-order valence-electron chi connectivity index (χ0n) is 9.94. The highest BCUT2D eigenvalue weighted by Gasteiger charge is 2.53. The normalized spacial score (nSPS) is 44.9. The molecule has 0 amide bonds. The predicted octanol–water partition coefficient (Wildman–Crippen LogP) is 2.23. The molecule has 2 aliphatic carbocycles. The lowest BCUT2D eigenvalue weighted by Gasteiger charge is -2.42. The lowest BCUT2D eigenvalue weighted by atomic mass is 9.67. The smallest absolute Gasteiger partial charge is 0.0701 e. The summed E-state index contributed by atoms with van der Waals surface area (Å²) in [5, 5.41) is 8.80. The van der Waals surface area contributed by atoms with Crippen molar-refractivity contribution in [2.75, 3.05) is 13.2 Å². The van der Waals surface area contributed by atoms with Crippen LogP contribution in [0, 0.1) is 23.2 Å². The Morgan fingerprint density at radius 1 is 1.53 bits per heavy atom. The molecule has 1 fully saturated rings. The first-order valence-corrected chi connectivity index (χ1v) is 6.01. The average Bonchev–Trinajstić information content (AvgIpc) is 2.79. The van der Waals surface area contributed by atoms with E-state index >= 15 is 0 Å². The number of hydrogen-bond donors (Lipinski definition) is 1. The maximum absolute atomic E-state index is 8.80. The Balaban J connectivity index is 2.09. The molecule has 0 heterocycles. The van der Waals surface area contributed by atoms with Gasteiger partial charge in [-0.05, 0) is 31.1 Å². The number of hydrogen-bond acceptors (Lipinski definition) is 2. The van der Waals surface area contributed by atoms with Crippen LogP contribution in [0.3, 0.4) is 0 Å². The van der Waals surface area contributed by atoms with Crippen LogP contribution in [0.25, 0.3) is 0 Å². The molecule has 86 valence electrons. The molecule has 5 unspecified atom stereocenters. The van der Waals surface area contributed by atoms with Gasteiger partial charge in [-0.3, -0.25) is 0 Å². The minimum Gasteiger partial charge on any atom is -0.394 e. The van der Waals surface area contributed by atoms with Gasteiger partial charge in [0.2, 0.25) is 0 Å². The molecule has 2 rings (SSSR count). The van der Waals surface area contributed by atoms with Crippen molar-refractivity contribution in [3.8, 4) is 0 Å². The zero-order valence-corrected chi connectivity index (χ0v) is 9.94. The van der Waals surface area contributed by atoms with Gasteiger partial charge >= 0.3 is 0 Å². The highest BCUT2D eigenvalue weighted by Crippen LogP contribution is 2.57. The van der Waals surface area contributed by atoms with Crippen molar-refractivity contribution in [1.29, 1.82) is 0 Å². The molecule has 2 heteroatoms. The molecule has 2 bridgehead atoms. The number of allylic oxidation sites excluding steroid dienone is 2. The van der Waals surface area contributed by atoms with Gasteiger partial charge in [-0.15, -0.1) is 0 Å². The summed E-state index contributed by atoms with van der Waals surface area (Å²) in [5.74, 6) is 2.12. The molecule has 1 N–H and O–H groups in total. The minimum absolute atomic E-state index is 0.124. The molecule has 0 saturated heterocycles. The molecular weight excluding hydrogens is 188 g/mol. The Morgan fingerprint density at radius 2 is 2.27 bits per heavy atom. The van der Waals surface area contributed by atoms with E-state index in [0.29, 0.717) is 18.4 Å². The van der Waals surface area contributed by atoms with E-state index in [1.165, 1.54) is 6.42 Å². The van der Waals surface area contributed by atoms with Crippen LogP contribution in [-0.4, -0.2) is 24.4 Å². The van der Waals surface area contributed by atoms with E-state index in [9.17, 15) is 0 Å². The monoisotopic (exact) mass is 210 g/mol. The third-order valence-corrected chi connectivity index (χ3v) is 4.87. The van der Waals surface area contributed by atoms with Crippen LogP contribution in [0.15, 0.2) is 12.2 Å². The van der Waals surface area contributed by atoms with Gasteiger partial charge in [0.05, 0.1) is 19.3 Å². The fourth-order valence-corrected chi connectivity index (χ4v) is 3.44. The molecule has 2 nitrogen and oxygen atoms in total. The SMILES string of the molecule is CC(OCCO)C1(C)C2C=CC(C2)C1C. The maximum Gasteiger partial charge on any atom is 0.0701 e. The van der Waals surface area contributed by atoms with Gasteiger partial charge in [-0.2, -0.15) is 0 Å². The van der Waals surface area contributed by atoms with E-state index in [1.807, 2.05) is 0 Å². The fourth-order valence-electron chi connectivity index (χ4n) is 3.44. The van der Waals surface area contributed by atoms with Crippen molar-refractivity contribution >= 4 is 0 Å². The molecule has 0 spiro atoms. The Morgan fingerprint density at radius 3 is 2.80 bits per heavy atom. The van der Waals surface area contributed by atoms with E-state index in [1.54, 1.807) is 0 Å². The van der Waals surface area contributed by atoms with Crippen LogP contribution in [0.1, 0.15) is 27.2 Å². The highest BCUT2D eigenvalue weighted by atomic mass is 16.5. The fraction of sp³-hybridized carbons (Fsp3) is 0.846. The molecule has 2 aliphatic rings. The van der Waals surface area contributed by atoms with E-state index in [4.69, 9.17) is 9.84 Å². The van der Waals surface area contributed by atoms with Gasteiger partial charge < -0.3 is 9.84 Å². The van der Waals surface area contributed by atoms with Crippen LogP contribution in [0.5, 0.6) is 0 Å². The Kier molecular flexibility index (Phi) is 2.91. The summed E-state index contributed by atoms with van der Waals surface area (Å²) in [6.07, 6.45) is 6.27. The Hall–Kier alpha value is -0.340. The second kappa shape index (κ2) is 3.91. The van der Waals surface area contributed by atoms with Crippen molar-refractivity contribution < 1.29 is 9.84 Å². The molecular formula is C13H22O2. The summed E-state index contributed by atoms with van der Waals surface area (Å²) < 4.78 is 5.72. The lowest BCUT2D eigenvalue weighted by molar-refractivity contribution is -0.0643. The van der Waals surface area contributed by atoms with Gasteiger partial charge in [0.15, 0.2) is 0 Å².